The number of alkyl halides is 3. The number of amides is 1. The fraction of sp³-hybridized carbons (Fsp3) is 0.522. The van der Waals surface area contributed by atoms with Crippen LogP contribution in [0.5, 0.6) is 0 Å². The summed E-state index contributed by atoms with van der Waals surface area (Å²) in [4.78, 5) is 17.7. The molecule has 178 valence electrons. The van der Waals surface area contributed by atoms with Crippen LogP contribution in [0, 0.1) is 17.2 Å². The zero-order valence-corrected chi connectivity index (χ0v) is 19.4. The topological polar surface area (TPSA) is 109 Å². The third kappa shape index (κ3) is 6.71. The van der Waals surface area contributed by atoms with Crippen LogP contribution in [0.2, 0.25) is 0 Å². The molecule has 0 fully saturated rings. The minimum absolute atomic E-state index is 0.0102. The third-order valence-corrected chi connectivity index (χ3v) is 4.94. The second-order valence-corrected chi connectivity index (χ2v) is 9.34. The van der Waals surface area contributed by atoms with Crippen molar-refractivity contribution >= 4 is 5.91 Å². The Bertz CT molecular complexity index is 993. The zero-order valence-electron chi connectivity index (χ0n) is 19.4. The number of halogens is 3. The van der Waals surface area contributed by atoms with Gasteiger partial charge in [0.15, 0.2) is 11.9 Å². The average Bonchev–Trinajstić information content (AvgIpc) is 2.71. The Morgan fingerprint density at radius 1 is 1.18 bits per heavy atom. The van der Waals surface area contributed by atoms with E-state index >= 15 is 0 Å². The summed E-state index contributed by atoms with van der Waals surface area (Å²) in [5, 5.41) is 17.1. The van der Waals surface area contributed by atoms with E-state index in [-0.39, 0.29) is 23.3 Å². The molecule has 0 radical (unpaired) electrons. The van der Waals surface area contributed by atoms with Crippen molar-refractivity contribution in [1.29, 1.82) is 5.26 Å². The Hall–Kier alpha value is -3.06. The largest absolute Gasteiger partial charge is 0.413 e. The number of benzene rings is 1. The van der Waals surface area contributed by atoms with Crippen LogP contribution in [0.3, 0.4) is 0 Å². The summed E-state index contributed by atoms with van der Waals surface area (Å²) in [5.74, 6) is -0.399. The van der Waals surface area contributed by atoms with Crippen LogP contribution in [-0.2, 0) is 10.2 Å². The summed E-state index contributed by atoms with van der Waals surface area (Å²) in [5.41, 5.74) is 6.36. The molecule has 10 heteroatoms. The maximum Gasteiger partial charge on any atom is 0.413 e. The van der Waals surface area contributed by atoms with Gasteiger partial charge in [0.25, 0.3) is 0 Å². The lowest BCUT2D eigenvalue weighted by atomic mass is 9.95. The highest BCUT2D eigenvalue weighted by molar-refractivity contribution is 5.82. The monoisotopic (exact) mass is 462 g/mol. The number of carbonyl (C=O) groups is 1. The maximum absolute atomic E-state index is 14.1. The van der Waals surface area contributed by atoms with E-state index in [9.17, 15) is 18.0 Å². The molecule has 1 aromatic heterocycles. The van der Waals surface area contributed by atoms with Gasteiger partial charge in [-0.15, -0.1) is 5.10 Å². The fourth-order valence-electron chi connectivity index (χ4n) is 3.34. The zero-order chi connectivity index (χ0) is 25.0. The molecule has 1 unspecified atom stereocenters. The first-order valence-corrected chi connectivity index (χ1v) is 10.6. The molecule has 0 spiro atoms. The Labute approximate surface area is 191 Å². The summed E-state index contributed by atoms with van der Waals surface area (Å²) in [6.07, 6.45) is -3.16. The lowest BCUT2D eigenvalue weighted by molar-refractivity contribution is -0.191. The SMILES string of the molecule is CC(C)C[C@H](N)C(=O)N(CC#N)C(c1ccc(-c2cnnc(C(C)(C)C)n2)cc1)C(F)(F)F. The van der Waals surface area contributed by atoms with Gasteiger partial charge in [-0.05, 0) is 17.9 Å². The summed E-state index contributed by atoms with van der Waals surface area (Å²) in [6.45, 7) is 8.67. The molecule has 0 aliphatic carbocycles. The Morgan fingerprint density at radius 2 is 1.79 bits per heavy atom. The number of hydrogen-bond acceptors (Lipinski definition) is 6. The quantitative estimate of drug-likeness (QED) is 0.619. The Morgan fingerprint density at radius 3 is 2.27 bits per heavy atom. The number of nitrogens with two attached hydrogens (primary N) is 1. The molecule has 7 nitrogen and oxygen atoms in total. The van der Waals surface area contributed by atoms with E-state index in [1.165, 1.54) is 30.5 Å². The molecule has 33 heavy (non-hydrogen) atoms. The minimum Gasteiger partial charge on any atom is -0.320 e. The van der Waals surface area contributed by atoms with E-state index in [1.807, 2.05) is 34.6 Å². The molecule has 1 aromatic carbocycles. The highest BCUT2D eigenvalue weighted by Crippen LogP contribution is 2.38. The third-order valence-electron chi connectivity index (χ3n) is 4.94. The van der Waals surface area contributed by atoms with Crippen molar-refractivity contribution in [3.05, 3.63) is 41.9 Å². The number of hydrogen-bond donors (Lipinski definition) is 1. The summed E-state index contributed by atoms with van der Waals surface area (Å²) >= 11 is 0. The number of rotatable bonds is 7. The van der Waals surface area contributed by atoms with Crippen molar-refractivity contribution in [3.8, 4) is 17.3 Å². The second kappa shape index (κ2) is 10.3. The smallest absolute Gasteiger partial charge is 0.320 e. The van der Waals surface area contributed by atoms with Gasteiger partial charge in [-0.3, -0.25) is 4.79 Å². The van der Waals surface area contributed by atoms with Crippen LogP contribution < -0.4 is 5.73 Å². The first-order valence-electron chi connectivity index (χ1n) is 10.6. The summed E-state index contributed by atoms with van der Waals surface area (Å²) in [7, 11) is 0. The Balaban J connectivity index is 2.45. The van der Waals surface area contributed by atoms with Gasteiger partial charge < -0.3 is 10.6 Å². The van der Waals surface area contributed by atoms with Gasteiger partial charge in [0.2, 0.25) is 5.91 Å². The number of carbonyl (C=O) groups excluding carboxylic acids is 1. The van der Waals surface area contributed by atoms with Crippen LogP contribution in [0.1, 0.15) is 58.5 Å². The predicted octanol–water partition coefficient (Wildman–Crippen LogP) is 4.17. The molecular weight excluding hydrogens is 433 g/mol. The molecule has 2 aromatic rings. The minimum atomic E-state index is -4.80. The van der Waals surface area contributed by atoms with E-state index in [0.717, 1.165) is 0 Å². The van der Waals surface area contributed by atoms with Crippen molar-refractivity contribution in [3.63, 3.8) is 0 Å². The van der Waals surface area contributed by atoms with E-state index in [2.05, 4.69) is 15.2 Å². The van der Waals surface area contributed by atoms with E-state index < -0.39 is 30.7 Å². The number of aromatic nitrogens is 3. The van der Waals surface area contributed by atoms with Gasteiger partial charge in [0.1, 0.15) is 6.54 Å². The summed E-state index contributed by atoms with van der Waals surface area (Å²) in [6, 6.07) is 3.74. The number of nitrogens with zero attached hydrogens (tertiary/aromatic N) is 5. The van der Waals surface area contributed by atoms with E-state index in [1.54, 1.807) is 6.07 Å². The molecule has 0 saturated carbocycles. The van der Waals surface area contributed by atoms with Gasteiger partial charge in [-0.25, -0.2) is 4.98 Å². The highest BCUT2D eigenvalue weighted by atomic mass is 19.4. The van der Waals surface area contributed by atoms with E-state index in [0.29, 0.717) is 22.0 Å². The predicted molar refractivity (Wildman–Crippen MR) is 118 cm³/mol. The second-order valence-electron chi connectivity index (χ2n) is 9.34. The van der Waals surface area contributed by atoms with Gasteiger partial charge >= 0.3 is 6.18 Å². The van der Waals surface area contributed by atoms with Crippen LogP contribution in [0.4, 0.5) is 13.2 Å². The van der Waals surface area contributed by atoms with Gasteiger partial charge in [0, 0.05) is 11.0 Å². The molecule has 0 saturated heterocycles. The van der Waals surface area contributed by atoms with Gasteiger partial charge in [-0.2, -0.15) is 23.5 Å². The molecule has 0 bridgehead atoms. The molecule has 2 rings (SSSR count). The van der Waals surface area contributed by atoms with Crippen molar-refractivity contribution in [2.24, 2.45) is 11.7 Å². The number of nitriles is 1. The maximum atomic E-state index is 14.1. The summed E-state index contributed by atoms with van der Waals surface area (Å²) < 4.78 is 42.3. The molecular formula is C23H29F3N6O. The van der Waals surface area contributed by atoms with Crippen LogP contribution in [0.15, 0.2) is 30.5 Å². The highest BCUT2D eigenvalue weighted by Gasteiger charge is 2.47. The lowest BCUT2D eigenvalue weighted by Crippen LogP contribution is -2.49. The van der Waals surface area contributed by atoms with Gasteiger partial charge in [-0.1, -0.05) is 58.9 Å². The molecule has 0 aliphatic rings. The standard InChI is InChI=1S/C23H29F3N6O/c1-14(2)12-17(28)20(33)32(11-10-27)19(23(24,25)26)16-8-6-15(7-9-16)18-13-29-31-21(30-18)22(3,4)5/h6-9,13-14,17,19H,11-12,28H2,1-5H3/t17-,19?/m0/s1. The van der Waals surface area contributed by atoms with Crippen molar-refractivity contribution < 1.29 is 18.0 Å². The first-order chi connectivity index (χ1) is 15.3. The average molecular weight is 463 g/mol. The van der Waals surface area contributed by atoms with Crippen molar-refractivity contribution in [2.75, 3.05) is 6.54 Å². The molecule has 1 heterocycles. The fourth-order valence-corrected chi connectivity index (χ4v) is 3.34. The lowest BCUT2D eigenvalue weighted by Gasteiger charge is -2.33. The first kappa shape index (κ1) is 26.2. The normalized spacial score (nSPS) is 14.0. The van der Waals surface area contributed by atoms with Crippen LogP contribution in [0.25, 0.3) is 11.3 Å². The van der Waals surface area contributed by atoms with Crippen LogP contribution >= 0.6 is 0 Å². The van der Waals surface area contributed by atoms with Crippen molar-refractivity contribution in [2.45, 2.75) is 64.7 Å². The van der Waals surface area contributed by atoms with Crippen LogP contribution in [-0.4, -0.2) is 44.8 Å². The van der Waals surface area contributed by atoms with Gasteiger partial charge in [0.05, 0.1) is 24.0 Å². The molecule has 2 N–H and O–H groups in total. The molecule has 1 amide bonds. The van der Waals surface area contributed by atoms with E-state index in [4.69, 9.17) is 11.0 Å². The Kier molecular flexibility index (Phi) is 8.14. The molecule has 2 atom stereocenters. The molecule has 0 aliphatic heterocycles. The van der Waals surface area contributed by atoms with Crippen molar-refractivity contribution in [1.82, 2.24) is 20.1 Å².